The topological polar surface area (TPSA) is 61.1 Å². The molecule has 1 fully saturated rings. The first-order chi connectivity index (χ1) is 10.6. The van der Waals surface area contributed by atoms with E-state index in [-0.39, 0.29) is 11.6 Å². The third kappa shape index (κ3) is 3.22. The molecule has 1 aliphatic heterocycles. The van der Waals surface area contributed by atoms with Crippen LogP contribution in [-0.2, 0) is 11.3 Å². The molecule has 118 valence electrons. The van der Waals surface area contributed by atoms with Crippen LogP contribution in [0.25, 0.3) is 5.69 Å². The first kappa shape index (κ1) is 14.8. The number of pyridine rings is 1. The zero-order valence-corrected chi connectivity index (χ0v) is 13.0. The fourth-order valence-corrected chi connectivity index (χ4v) is 2.69. The molecule has 1 N–H and O–H groups in total. The molecule has 0 radical (unpaired) electrons. The van der Waals surface area contributed by atoms with Gasteiger partial charge in [-0.3, -0.25) is 14.0 Å². The highest BCUT2D eigenvalue weighted by Crippen LogP contribution is 2.15. The molecule has 0 saturated carbocycles. The summed E-state index contributed by atoms with van der Waals surface area (Å²) in [4.78, 5) is 12.5. The maximum atomic E-state index is 12.5. The molecule has 3 rings (SSSR count). The highest BCUT2D eigenvalue weighted by Gasteiger charge is 2.17. The summed E-state index contributed by atoms with van der Waals surface area (Å²) in [5, 5.41) is 7.54. The summed E-state index contributed by atoms with van der Waals surface area (Å²) in [7, 11) is 0. The number of anilines is 1. The van der Waals surface area contributed by atoms with E-state index in [0.29, 0.717) is 11.6 Å². The zero-order valence-electron chi connectivity index (χ0n) is 13.0. The Kier molecular flexibility index (Phi) is 4.29. The van der Waals surface area contributed by atoms with Crippen LogP contribution in [0.4, 0.5) is 5.69 Å². The molecule has 0 aliphatic carbocycles. The summed E-state index contributed by atoms with van der Waals surface area (Å²) in [5.41, 5.74) is 1.34. The second-order valence-electron chi connectivity index (χ2n) is 6.05. The van der Waals surface area contributed by atoms with Crippen LogP contribution < -0.4 is 10.9 Å². The van der Waals surface area contributed by atoms with E-state index >= 15 is 0 Å². The van der Waals surface area contributed by atoms with Gasteiger partial charge in [0, 0.05) is 37.5 Å². The number of rotatable bonds is 5. The lowest BCUT2D eigenvalue weighted by atomic mass is 10.1. The Balaban J connectivity index is 1.82. The van der Waals surface area contributed by atoms with E-state index in [1.54, 1.807) is 23.0 Å². The molecule has 3 heterocycles. The first-order valence-corrected chi connectivity index (χ1v) is 7.72. The molecule has 0 aromatic carbocycles. The van der Waals surface area contributed by atoms with Crippen LogP contribution in [0.3, 0.4) is 0 Å². The Morgan fingerprint density at radius 3 is 3.09 bits per heavy atom. The van der Waals surface area contributed by atoms with Gasteiger partial charge >= 0.3 is 0 Å². The largest absolute Gasteiger partial charge is 0.381 e. The number of nitrogens with zero attached hydrogens (tertiary/aromatic N) is 3. The molecule has 22 heavy (non-hydrogen) atoms. The van der Waals surface area contributed by atoms with Crippen LogP contribution in [0.15, 0.2) is 35.5 Å². The molecule has 0 unspecified atom stereocenters. The fraction of sp³-hybridized carbons (Fsp3) is 0.500. The lowest BCUT2D eigenvalue weighted by Crippen LogP contribution is -2.24. The molecular weight excluding hydrogens is 280 g/mol. The van der Waals surface area contributed by atoms with Gasteiger partial charge in [-0.25, -0.2) is 0 Å². The van der Waals surface area contributed by atoms with Gasteiger partial charge in [-0.05, 0) is 32.4 Å². The van der Waals surface area contributed by atoms with E-state index in [2.05, 4.69) is 10.4 Å². The predicted octanol–water partition coefficient (Wildman–Crippen LogP) is 1.89. The Labute approximate surface area is 129 Å². The van der Waals surface area contributed by atoms with Crippen LogP contribution in [-0.4, -0.2) is 33.6 Å². The summed E-state index contributed by atoms with van der Waals surface area (Å²) >= 11 is 0. The average molecular weight is 302 g/mol. The minimum atomic E-state index is -0.0556. The van der Waals surface area contributed by atoms with Crippen molar-refractivity contribution in [2.24, 2.45) is 5.92 Å². The van der Waals surface area contributed by atoms with Crippen molar-refractivity contribution in [1.82, 2.24) is 14.3 Å². The summed E-state index contributed by atoms with van der Waals surface area (Å²) in [6, 6.07) is 3.89. The highest BCUT2D eigenvalue weighted by atomic mass is 16.5. The van der Waals surface area contributed by atoms with Crippen molar-refractivity contribution in [2.45, 2.75) is 32.9 Å². The number of hydrogen-bond acceptors (Lipinski definition) is 4. The molecule has 0 bridgehead atoms. The molecule has 1 saturated heterocycles. The molecule has 6 nitrogen and oxygen atoms in total. The fourth-order valence-electron chi connectivity index (χ4n) is 2.69. The van der Waals surface area contributed by atoms with Crippen molar-refractivity contribution in [3.63, 3.8) is 0 Å². The summed E-state index contributed by atoms with van der Waals surface area (Å²) in [6.45, 7) is 6.49. The van der Waals surface area contributed by atoms with Gasteiger partial charge in [-0.15, -0.1) is 0 Å². The minimum absolute atomic E-state index is 0.0556. The van der Waals surface area contributed by atoms with Crippen molar-refractivity contribution in [3.05, 3.63) is 41.1 Å². The Morgan fingerprint density at radius 2 is 2.36 bits per heavy atom. The number of aromatic nitrogens is 3. The van der Waals surface area contributed by atoms with Crippen molar-refractivity contribution >= 4 is 5.69 Å². The van der Waals surface area contributed by atoms with Gasteiger partial charge in [0.2, 0.25) is 0 Å². The van der Waals surface area contributed by atoms with Gasteiger partial charge in [0.25, 0.3) is 5.56 Å². The number of hydrogen-bond donors (Lipinski definition) is 1. The quantitative estimate of drug-likeness (QED) is 0.916. The smallest absolute Gasteiger partial charge is 0.278 e. The van der Waals surface area contributed by atoms with Gasteiger partial charge in [0.05, 0.1) is 18.5 Å². The van der Waals surface area contributed by atoms with E-state index in [1.165, 1.54) is 0 Å². The van der Waals surface area contributed by atoms with Crippen molar-refractivity contribution in [2.75, 3.05) is 18.5 Å². The molecular formula is C16H22N4O2. The molecule has 2 aromatic rings. The number of ether oxygens (including phenoxy) is 1. The second-order valence-corrected chi connectivity index (χ2v) is 6.05. The standard InChI is InChI=1S/C16H22N4O2/c1-12(2)18-15-4-3-6-20(16(15)21)14-8-17-19(10-14)9-13-5-7-22-11-13/h3-4,6,8,10,12-13,18H,5,7,9,11H2,1-2H3/t13-/m0/s1. The van der Waals surface area contributed by atoms with Gasteiger partial charge < -0.3 is 10.1 Å². The number of nitrogens with one attached hydrogen (secondary N) is 1. The average Bonchev–Trinajstić information content (AvgIpc) is 3.13. The Morgan fingerprint density at radius 1 is 1.50 bits per heavy atom. The van der Waals surface area contributed by atoms with E-state index in [0.717, 1.165) is 31.9 Å². The van der Waals surface area contributed by atoms with Gasteiger partial charge in [0.1, 0.15) is 5.69 Å². The maximum absolute atomic E-state index is 12.5. The van der Waals surface area contributed by atoms with Crippen molar-refractivity contribution < 1.29 is 4.74 Å². The Bertz CT molecular complexity index is 683. The molecule has 0 spiro atoms. The van der Waals surface area contributed by atoms with E-state index in [1.807, 2.05) is 30.8 Å². The zero-order chi connectivity index (χ0) is 15.5. The van der Waals surface area contributed by atoms with E-state index in [4.69, 9.17) is 4.74 Å². The van der Waals surface area contributed by atoms with Gasteiger partial charge in [-0.1, -0.05) is 0 Å². The highest BCUT2D eigenvalue weighted by molar-refractivity contribution is 5.43. The predicted molar refractivity (Wildman–Crippen MR) is 85.5 cm³/mol. The monoisotopic (exact) mass is 302 g/mol. The van der Waals surface area contributed by atoms with Gasteiger partial charge in [-0.2, -0.15) is 5.10 Å². The van der Waals surface area contributed by atoms with Crippen molar-refractivity contribution in [3.8, 4) is 5.69 Å². The molecule has 6 heteroatoms. The van der Waals surface area contributed by atoms with E-state index < -0.39 is 0 Å². The van der Waals surface area contributed by atoms with E-state index in [9.17, 15) is 4.79 Å². The summed E-state index contributed by atoms with van der Waals surface area (Å²) < 4.78 is 8.90. The molecule has 1 atom stereocenters. The molecule has 0 amide bonds. The lowest BCUT2D eigenvalue weighted by Gasteiger charge is -2.11. The van der Waals surface area contributed by atoms with Crippen LogP contribution in [0, 0.1) is 5.92 Å². The SMILES string of the molecule is CC(C)Nc1cccn(-c2cnn(C[C@@H]3CCOC3)c2)c1=O. The van der Waals surface area contributed by atoms with Crippen molar-refractivity contribution in [1.29, 1.82) is 0 Å². The third-order valence-electron chi connectivity index (χ3n) is 3.76. The lowest BCUT2D eigenvalue weighted by molar-refractivity contribution is 0.181. The van der Waals surface area contributed by atoms with Crippen LogP contribution in [0.1, 0.15) is 20.3 Å². The first-order valence-electron chi connectivity index (χ1n) is 7.72. The molecule has 2 aromatic heterocycles. The molecule has 1 aliphatic rings. The third-order valence-corrected chi connectivity index (χ3v) is 3.76. The minimum Gasteiger partial charge on any atom is -0.381 e. The second kappa shape index (κ2) is 6.36. The summed E-state index contributed by atoms with van der Waals surface area (Å²) in [5.74, 6) is 0.512. The van der Waals surface area contributed by atoms with Crippen LogP contribution in [0.2, 0.25) is 0 Å². The van der Waals surface area contributed by atoms with Crippen LogP contribution >= 0.6 is 0 Å². The maximum Gasteiger partial charge on any atom is 0.278 e. The van der Waals surface area contributed by atoms with Gasteiger partial charge in [0.15, 0.2) is 0 Å². The normalized spacial score (nSPS) is 18.0. The Hall–Kier alpha value is -2.08. The van der Waals surface area contributed by atoms with Crippen LogP contribution in [0.5, 0.6) is 0 Å². The summed E-state index contributed by atoms with van der Waals surface area (Å²) in [6.07, 6.45) is 6.49.